The molecular weight excluding hydrogens is 376 g/mol. The summed E-state index contributed by atoms with van der Waals surface area (Å²) >= 11 is 0. The molecule has 0 saturated carbocycles. The summed E-state index contributed by atoms with van der Waals surface area (Å²) in [4.78, 5) is 0.0996. The highest BCUT2D eigenvalue weighted by Crippen LogP contribution is 2.18. The molecule has 0 atom stereocenters. The van der Waals surface area contributed by atoms with Crippen molar-refractivity contribution in [3.63, 3.8) is 0 Å². The van der Waals surface area contributed by atoms with Gasteiger partial charge < -0.3 is 9.47 Å². The van der Waals surface area contributed by atoms with Crippen LogP contribution < -0.4 is 9.47 Å². The normalized spacial score (nSPS) is 11.4. The number of rotatable bonds is 9. The fourth-order valence-electron chi connectivity index (χ4n) is 2.46. The molecule has 0 heterocycles. The lowest BCUT2D eigenvalue weighted by molar-refractivity contribution is 0.0861. The van der Waals surface area contributed by atoms with Crippen molar-refractivity contribution in [1.29, 1.82) is 0 Å². The van der Waals surface area contributed by atoms with Crippen LogP contribution >= 0.6 is 0 Å². The molecule has 0 radical (unpaired) electrons. The number of aryl methyl sites for hydroxylation is 1. The third-order valence-electron chi connectivity index (χ3n) is 3.93. The molecule has 0 unspecified atom stereocenters. The summed E-state index contributed by atoms with van der Waals surface area (Å²) in [6.07, 6.45) is -0.813. The van der Waals surface area contributed by atoms with Crippen molar-refractivity contribution >= 4 is 10.1 Å². The van der Waals surface area contributed by atoms with Crippen molar-refractivity contribution in [3.05, 3.63) is 90.5 Å². The summed E-state index contributed by atoms with van der Waals surface area (Å²) in [5, 5.41) is 0. The molecule has 0 aliphatic heterocycles. The van der Waals surface area contributed by atoms with Crippen LogP contribution in [0.4, 0.5) is 0 Å². The van der Waals surface area contributed by atoms with Crippen LogP contribution in [-0.4, -0.2) is 27.7 Å². The van der Waals surface area contributed by atoms with E-state index in [2.05, 4.69) is 0 Å². The summed E-state index contributed by atoms with van der Waals surface area (Å²) in [5.74, 6) is 1.26. The molecule has 0 fully saturated rings. The van der Waals surface area contributed by atoms with Gasteiger partial charge in [0.15, 0.2) is 0 Å². The zero-order chi connectivity index (χ0) is 19.8. The maximum absolute atomic E-state index is 12.6. The van der Waals surface area contributed by atoms with Crippen LogP contribution in [0.3, 0.4) is 0 Å². The fourth-order valence-corrected chi connectivity index (χ4v) is 3.51. The van der Waals surface area contributed by atoms with E-state index in [1.807, 2.05) is 43.3 Å². The van der Waals surface area contributed by atoms with Crippen LogP contribution in [0.5, 0.6) is 11.5 Å². The molecule has 0 aliphatic carbocycles. The summed E-state index contributed by atoms with van der Waals surface area (Å²) in [7, 11) is -3.95. The smallest absolute Gasteiger partial charge is 0.297 e. The van der Waals surface area contributed by atoms with E-state index < -0.39 is 16.2 Å². The first-order valence-corrected chi connectivity index (χ1v) is 10.3. The van der Waals surface area contributed by atoms with Gasteiger partial charge in [0, 0.05) is 0 Å². The number of benzene rings is 3. The third kappa shape index (κ3) is 5.84. The standard InChI is InChI=1S/C22H22O5S/c1-18-12-14-22(15-13-18)28(23,24)27-21(16-25-19-8-4-2-5-9-19)17-26-20-10-6-3-7-11-20/h2-15,21H,16-17H2,1H3. The third-order valence-corrected chi connectivity index (χ3v) is 5.31. The highest BCUT2D eigenvalue weighted by Gasteiger charge is 2.23. The Morgan fingerprint density at radius 2 is 1.18 bits per heavy atom. The molecule has 0 aromatic heterocycles. The second-order valence-electron chi connectivity index (χ2n) is 6.23. The van der Waals surface area contributed by atoms with E-state index in [9.17, 15) is 8.42 Å². The second-order valence-corrected chi connectivity index (χ2v) is 7.81. The molecule has 6 heteroatoms. The molecule has 0 N–H and O–H groups in total. The largest absolute Gasteiger partial charge is 0.491 e. The Kier molecular flexibility index (Phi) is 6.68. The lowest BCUT2D eigenvalue weighted by Crippen LogP contribution is -2.31. The van der Waals surface area contributed by atoms with E-state index in [-0.39, 0.29) is 18.1 Å². The maximum Gasteiger partial charge on any atom is 0.297 e. The van der Waals surface area contributed by atoms with Crippen LogP contribution in [0.25, 0.3) is 0 Å². The fraction of sp³-hybridized carbons (Fsp3) is 0.182. The molecule has 0 spiro atoms. The highest BCUT2D eigenvalue weighted by molar-refractivity contribution is 7.86. The van der Waals surface area contributed by atoms with Gasteiger partial charge >= 0.3 is 0 Å². The lowest BCUT2D eigenvalue weighted by atomic mass is 10.2. The predicted molar refractivity (Wildman–Crippen MR) is 107 cm³/mol. The zero-order valence-electron chi connectivity index (χ0n) is 15.5. The molecule has 0 aliphatic rings. The first-order chi connectivity index (χ1) is 13.5. The van der Waals surface area contributed by atoms with Gasteiger partial charge in [0.2, 0.25) is 0 Å². The number of ether oxygens (including phenoxy) is 2. The molecule has 146 valence electrons. The van der Waals surface area contributed by atoms with Crippen molar-refractivity contribution in [2.24, 2.45) is 0 Å². The summed E-state index contributed by atoms with van der Waals surface area (Å²) in [5.41, 5.74) is 0.968. The Morgan fingerprint density at radius 3 is 1.64 bits per heavy atom. The average molecular weight is 398 g/mol. The van der Waals surface area contributed by atoms with Gasteiger partial charge in [-0.25, -0.2) is 0 Å². The van der Waals surface area contributed by atoms with Gasteiger partial charge in [-0.2, -0.15) is 8.42 Å². The Morgan fingerprint density at radius 1 is 0.714 bits per heavy atom. The van der Waals surface area contributed by atoms with Crippen LogP contribution in [0, 0.1) is 6.92 Å². The van der Waals surface area contributed by atoms with Crippen LogP contribution in [-0.2, 0) is 14.3 Å². The van der Waals surface area contributed by atoms with Crippen molar-refractivity contribution < 1.29 is 22.1 Å². The topological polar surface area (TPSA) is 61.8 Å². The van der Waals surface area contributed by atoms with Gasteiger partial charge in [0.25, 0.3) is 10.1 Å². The van der Waals surface area contributed by atoms with E-state index >= 15 is 0 Å². The first kappa shape index (κ1) is 19.9. The number of hydrogen-bond donors (Lipinski definition) is 0. The molecule has 28 heavy (non-hydrogen) atoms. The lowest BCUT2D eigenvalue weighted by Gasteiger charge is -2.19. The molecule has 0 bridgehead atoms. The van der Waals surface area contributed by atoms with Gasteiger partial charge in [-0.3, -0.25) is 4.18 Å². The van der Waals surface area contributed by atoms with E-state index in [4.69, 9.17) is 13.7 Å². The summed E-state index contributed by atoms with van der Waals surface area (Å²) in [6, 6.07) is 24.8. The summed E-state index contributed by atoms with van der Waals surface area (Å²) in [6.45, 7) is 1.95. The molecule has 3 aromatic rings. The Balaban J connectivity index is 1.71. The molecular formula is C22H22O5S. The summed E-state index contributed by atoms with van der Waals surface area (Å²) < 4.78 is 42.1. The van der Waals surface area contributed by atoms with Crippen molar-refractivity contribution in [1.82, 2.24) is 0 Å². The molecule has 0 saturated heterocycles. The van der Waals surface area contributed by atoms with E-state index in [0.29, 0.717) is 11.5 Å². The first-order valence-electron chi connectivity index (χ1n) is 8.88. The average Bonchev–Trinajstić information content (AvgIpc) is 2.72. The Labute approximate surface area is 165 Å². The van der Waals surface area contributed by atoms with E-state index in [1.54, 1.807) is 36.4 Å². The van der Waals surface area contributed by atoms with Crippen LogP contribution in [0.15, 0.2) is 89.8 Å². The second kappa shape index (κ2) is 9.39. The Bertz CT molecular complexity index is 911. The maximum atomic E-state index is 12.6. The highest BCUT2D eigenvalue weighted by atomic mass is 32.2. The minimum absolute atomic E-state index is 0.0297. The monoisotopic (exact) mass is 398 g/mol. The minimum atomic E-state index is -3.95. The van der Waals surface area contributed by atoms with Crippen molar-refractivity contribution in [2.45, 2.75) is 17.9 Å². The van der Waals surface area contributed by atoms with Crippen molar-refractivity contribution in [3.8, 4) is 11.5 Å². The van der Waals surface area contributed by atoms with Gasteiger partial charge in [-0.05, 0) is 43.3 Å². The number of hydrogen-bond acceptors (Lipinski definition) is 5. The van der Waals surface area contributed by atoms with Crippen molar-refractivity contribution in [2.75, 3.05) is 13.2 Å². The Hall–Kier alpha value is -2.83. The molecule has 3 aromatic carbocycles. The number of para-hydroxylation sites is 2. The van der Waals surface area contributed by atoms with Gasteiger partial charge in [0.05, 0.1) is 4.90 Å². The van der Waals surface area contributed by atoms with Gasteiger partial charge in [0.1, 0.15) is 30.8 Å². The minimum Gasteiger partial charge on any atom is -0.491 e. The predicted octanol–water partition coefficient (Wildman–Crippen LogP) is 4.23. The van der Waals surface area contributed by atoms with Gasteiger partial charge in [-0.1, -0.05) is 54.1 Å². The zero-order valence-corrected chi connectivity index (χ0v) is 16.3. The van der Waals surface area contributed by atoms with Crippen LogP contribution in [0.2, 0.25) is 0 Å². The van der Waals surface area contributed by atoms with E-state index in [0.717, 1.165) is 5.56 Å². The van der Waals surface area contributed by atoms with Gasteiger partial charge in [-0.15, -0.1) is 0 Å². The van der Waals surface area contributed by atoms with Crippen LogP contribution in [0.1, 0.15) is 5.56 Å². The SMILES string of the molecule is Cc1ccc(S(=O)(=O)OC(COc2ccccc2)COc2ccccc2)cc1. The molecule has 3 rings (SSSR count). The quantitative estimate of drug-likeness (QED) is 0.505. The van der Waals surface area contributed by atoms with E-state index in [1.165, 1.54) is 12.1 Å². The molecule has 0 amide bonds. The molecule has 5 nitrogen and oxygen atoms in total.